The van der Waals surface area contributed by atoms with Crippen LogP contribution in [0.25, 0.3) is 0 Å². The van der Waals surface area contributed by atoms with Gasteiger partial charge in [0.05, 0.1) is 11.4 Å². The van der Waals surface area contributed by atoms with Crippen LogP contribution in [0.2, 0.25) is 0 Å². The summed E-state index contributed by atoms with van der Waals surface area (Å²) in [7, 11) is 0. The van der Waals surface area contributed by atoms with Crippen molar-refractivity contribution in [3.05, 3.63) is 53.9 Å². The van der Waals surface area contributed by atoms with Crippen LogP contribution < -0.4 is 10.6 Å². The van der Waals surface area contributed by atoms with Crippen molar-refractivity contribution in [3.8, 4) is 0 Å². The average molecular weight is 313 g/mol. The first-order valence-corrected chi connectivity index (χ1v) is 7.95. The molecule has 5 nitrogen and oxygen atoms in total. The fraction of sp³-hybridized carbons (Fsp3) is 0.188. The molecule has 0 saturated heterocycles. The molecule has 0 atom stereocenters. The Morgan fingerprint density at radius 3 is 3.09 bits per heavy atom. The number of carbonyl (C=O) groups is 2. The van der Waals surface area contributed by atoms with E-state index in [1.807, 2.05) is 18.2 Å². The lowest BCUT2D eigenvalue weighted by molar-refractivity contribution is -0.113. The molecule has 22 heavy (non-hydrogen) atoms. The van der Waals surface area contributed by atoms with Crippen molar-refractivity contribution >= 4 is 29.3 Å². The van der Waals surface area contributed by atoms with E-state index in [4.69, 9.17) is 0 Å². The van der Waals surface area contributed by atoms with Crippen LogP contribution in [0.3, 0.4) is 0 Å². The molecule has 0 aliphatic carbocycles. The molecule has 3 rings (SSSR count). The Hall–Kier alpha value is -2.34. The maximum Gasteiger partial charge on any atom is 0.251 e. The van der Waals surface area contributed by atoms with Gasteiger partial charge in [-0.25, -0.2) is 0 Å². The molecule has 0 spiro atoms. The number of thioether (sulfide) groups is 1. The van der Waals surface area contributed by atoms with Gasteiger partial charge in [-0.05, 0) is 36.2 Å². The standard InChI is InChI=1S/C16H15N3O2S/c20-15-10-22-14-4-3-12(8-13(14)19-15)16(21)18-7-5-11-2-1-6-17-9-11/h1-4,6,8-9H,5,7,10H2,(H,18,21)(H,19,20). The number of nitrogens with one attached hydrogen (secondary N) is 2. The zero-order valence-electron chi connectivity index (χ0n) is 11.8. The predicted molar refractivity (Wildman–Crippen MR) is 86.1 cm³/mol. The van der Waals surface area contributed by atoms with E-state index < -0.39 is 0 Å². The molecule has 0 radical (unpaired) electrons. The van der Waals surface area contributed by atoms with Gasteiger partial charge in [0.1, 0.15) is 0 Å². The van der Waals surface area contributed by atoms with Crippen LogP contribution >= 0.6 is 11.8 Å². The van der Waals surface area contributed by atoms with E-state index in [-0.39, 0.29) is 11.8 Å². The molecular weight excluding hydrogens is 298 g/mol. The number of fused-ring (bicyclic) bond motifs is 1. The first kappa shape index (κ1) is 14.6. The highest BCUT2D eigenvalue weighted by atomic mass is 32.2. The summed E-state index contributed by atoms with van der Waals surface area (Å²) >= 11 is 1.48. The molecule has 2 aromatic rings. The van der Waals surface area contributed by atoms with E-state index in [1.54, 1.807) is 24.5 Å². The zero-order chi connectivity index (χ0) is 15.4. The van der Waals surface area contributed by atoms with Gasteiger partial charge in [-0.15, -0.1) is 11.8 Å². The molecule has 0 bridgehead atoms. The molecule has 2 amide bonds. The minimum Gasteiger partial charge on any atom is -0.352 e. The molecule has 1 aliphatic rings. The number of benzene rings is 1. The minimum atomic E-state index is -0.142. The molecule has 6 heteroatoms. The second-order valence-corrected chi connectivity index (χ2v) is 5.93. The number of aromatic nitrogens is 1. The quantitative estimate of drug-likeness (QED) is 0.907. The number of hydrogen-bond acceptors (Lipinski definition) is 4. The van der Waals surface area contributed by atoms with Crippen LogP contribution in [0.5, 0.6) is 0 Å². The SMILES string of the molecule is O=C1CSc2ccc(C(=O)NCCc3cccnc3)cc2N1. The molecule has 2 heterocycles. The third-order valence-electron chi connectivity index (χ3n) is 3.30. The lowest BCUT2D eigenvalue weighted by atomic mass is 10.1. The van der Waals surface area contributed by atoms with Crippen LogP contribution in [0.15, 0.2) is 47.6 Å². The molecule has 2 N–H and O–H groups in total. The summed E-state index contributed by atoms with van der Waals surface area (Å²) in [6.45, 7) is 0.544. The Morgan fingerprint density at radius 1 is 1.36 bits per heavy atom. The number of nitrogens with zero attached hydrogens (tertiary/aromatic N) is 1. The lowest BCUT2D eigenvalue weighted by Gasteiger charge is -2.16. The molecule has 112 valence electrons. The summed E-state index contributed by atoms with van der Waals surface area (Å²) in [5, 5.41) is 5.67. The molecule has 1 aliphatic heterocycles. The van der Waals surface area contributed by atoms with Crippen LogP contribution in [-0.4, -0.2) is 29.1 Å². The van der Waals surface area contributed by atoms with E-state index in [2.05, 4.69) is 15.6 Å². The van der Waals surface area contributed by atoms with Gasteiger partial charge in [0.2, 0.25) is 5.91 Å². The molecule has 0 fully saturated rings. The number of amides is 2. The summed E-state index contributed by atoms with van der Waals surface area (Å²) in [6, 6.07) is 9.22. The normalized spacial score (nSPS) is 13.2. The summed E-state index contributed by atoms with van der Waals surface area (Å²) in [5.41, 5.74) is 2.34. The van der Waals surface area contributed by atoms with Crippen molar-refractivity contribution in [1.82, 2.24) is 10.3 Å². The molecule has 0 saturated carbocycles. The Balaban J connectivity index is 1.60. The monoisotopic (exact) mass is 313 g/mol. The van der Waals surface area contributed by atoms with Crippen molar-refractivity contribution in [2.75, 3.05) is 17.6 Å². The topological polar surface area (TPSA) is 71.1 Å². The van der Waals surface area contributed by atoms with Crippen LogP contribution in [0, 0.1) is 0 Å². The van der Waals surface area contributed by atoms with Gasteiger partial charge in [-0.1, -0.05) is 6.07 Å². The van der Waals surface area contributed by atoms with Crippen molar-refractivity contribution in [2.45, 2.75) is 11.3 Å². The minimum absolute atomic E-state index is 0.0355. The summed E-state index contributed by atoms with van der Waals surface area (Å²) in [5.74, 6) is 0.243. The van der Waals surface area contributed by atoms with Crippen molar-refractivity contribution in [3.63, 3.8) is 0 Å². The molecule has 1 aromatic carbocycles. The highest BCUT2D eigenvalue weighted by Crippen LogP contribution is 2.31. The van der Waals surface area contributed by atoms with Crippen LogP contribution in [-0.2, 0) is 11.2 Å². The van der Waals surface area contributed by atoms with Gasteiger partial charge < -0.3 is 10.6 Å². The van der Waals surface area contributed by atoms with Gasteiger partial charge in [0.25, 0.3) is 5.91 Å². The Bertz CT molecular complexity index is 704. The van der Waals surface area contributed by atoms with Crippen LogP contribution in [0.1, 0.15) is 15.9 Å². The second-order valence-electron chi connectivity index (χ2n) is 4.91. The van der Waals surface area contributed by atoms with E-state index in [9.17, 15) is 9.59 Å². The van der Waals surface area contributed by atoms with Gasteiger partial charge in [0.15, 0.2) is 0 Å². The Kier molecular flexibility index (Phi) is 4.39. The summed E-state index contributed by atoms with van der Waals surface area (Å²) in [4.78, 5) is 28.6. The number of hydrogen-bond donors (Lipinski definition) is 2. The van der Waals surface area contributed by atoms with E-state index in [0.29, 0.717) is 23.5 Å². The largest absolute Gasteiger partial charge is 0.352 e. The number of anilines is 1. The van der Waals surface area contributed by atoms with Gasteiger partial charge in [-0.2, -0.15) is 0 Å². The maximum absolute atomic E-state index is 12.2. The zero-order valence-corrected chi connectivity index (χ0v) is 12.7. The lowest BCUT2D eigenvalue weighted by Crippen LogP contribution is -2.26. The van der Waals surface area contributed by atoms with Crippen LogP contribution in [0.4, 0.5) is 5.69 Å². The van der Waals surface area contributed by atoms with Crippen molar-refractivity contribution in [1.29, 1.82) is 0 Å². The number of pyridine rings is 1. The van der Waals surface area contributed by atoms with E-state index >= 15 is 0 Å². The summed E-state index contributed by atoms with van der Waals surface area (Å²) < 4.78 is 0. The summed E-state index contributed by atoms with van der Waals surface area (Å²) in [6.07, 6.45) is 4.25. The van der Waals surface area contributed by atoms with E-state index in [0.717, 1.165) is 16.9 Å². The third kappa shape index (κ3) is 3.46. The molecule has 1 aromatic heterocycles. The highest BCUT2D eigenvalue weighted by molar-refractivity contribution is 8.00. The Labute approximate surface area is 132 Å². The fourth-order valence-corrected chi connectivity index (χ4v) is 2.98. The smallest absolute Gasteiger partial charge is 0.251 e. The van der Waals surface area contributed by atoms with Crippen molar-refractivity contribution < 1.29 is 9.59 Å². The predicted octanol–water partition coefficient (Wildman–Crippen LogP) is 2.10. The van der Waals surface area contributed by atoms with Gasteiger partial charge in [0, 0.05) is 29.4 Å². The first-order chi connectivity index (χ1) is 10.7. The van der Waals surface area contributed by atoms with E-state index in [1.165, 1.54) is 11.8 Å². The second kappa shape index (κ2) is 6.62. The average Bonchev–Trinajstić information content (AvgIpc) is 2.55. The third-order valence-corrected chi connectivity index (χ3v) is 4.37. The maximum atomic E-state index is 12.2. The number of rotatable bonds is 4. The number of carbonyl (C=O) groups excluding carboxylic acids is 2. The molecular formula is C16H15N3O2S. The Morgan fingerprint density at radius 2 is 2.27 bits per heavy atom. The van der Waals surface area contributed by atoms with Gasteiger partial charge in [-0.3, -0.25) is 14.6 Å². The van der Waals surface area contributed by atoms with Crippen molar-refractivity contribution in [2.24, 2.45) is 0 Å². The molecule has 0 unspecified atom stereocenters. The fourth-order valence-electron chi connectivity index (χ4n) is 2.19. The van der Waals surface area contributed by atoms with Gasteiger partial charge >= 0.3 is 0 Å². The first-order valence-electron chi connectivity index (χ1n) is 6.96. The highest BCUT2D eigenvalue weighted by Gasteiger charge is 2.17.